The quantitative estimate of drug-likeness (QED) is 0.725. The van der Waals surface area contributed by atoms with Crippen LogP contribution in [0.2, 0.25) is 0 Å². The van der Waals surface area contributed by atoms with E-state index in [1.807, 2.05) is 12.1 Å². The van der Waals surface area contributed by atoms with Gasteiger partial charge in [-0.15, -0.1) is 0 Å². The molecule has 3 rings (SSSR count). The highest BCUT2D eigenvalue weighted by Crippen LogP contribution is 2.49. The second-order valence-electron chi connectivity index (χ2n) is 4.83. The summed E-state index contributed by atoms with van der Waals surface area (Å²) in [5.74, 6) is 1.01. The van der Waals surface area contributed by atoms with Gasteiger partial charge in [0.1, 0.15) is 5.75 Å². The van der Waals surface area contributed by atoms with Crippen LogP contribution < -0.4 is 4.74 Å². The zero-order chi connectivity index (χ0) is 12.7. The standard InChI is InChI=1S/C16H16OS/c1-10-8-11(2)15(12(3)9-10)16-17-13-6-4-5-7-14(13)18-16/h4-9,16H,1-3H3. The molecule has 0 radical (unpaired) electrons. The molecule has 0 saturated carbocycles. The Balaban J connectivity index is 2.00. The number of aryl methyl sites for hydroxylation is 3. The fourth-order valence-corrected chi connectivity index (χ4v) is 3.84. The van der Waals surface area contributed by atoms with Gasteiger partial charge in [-0.05, 0) is 44.0 Å². The number of hydrogen-bond donors (Lipinski definition) is 0. The molecule has 0 N–H and O–H groups in total. The highest BCUT2D eigenvalue weighted by molar-refractivity contribution is 7.99. The van der Waals surface area contributed by atoms with E-state index in [1.54, 1.807) is 11.8 Å². The molecule has 1 aliphatic heterocycles. The third-order valence-corrected chi connectivity index (χ3v) is 4.43. The molecule has 2 heteroatoms. The molecule has 0 saturated heterocycles. The van der Waals surface area contributed by atoms with Gasteiger partial charge in [0.15, 0.2) is 5.44 Å². The lowest BCUT2D eigenvalue weighted by atomic mass is 10.0. The lowest BCUT2D eigenvalue weighted by Crippen LogP contribution is -2.03. The Labute approximate surface area is 112 Å². The molecule has 0 fully saturated rings. The van der Waals surface area contributed by atoms with Crippen molar-refractivity contribution < 1.29 is 4.74 Å². The lowest BCUT2D eigenvalue weighted by Gasteiger charge is -2.16. The zero-order valence-corrected chi connectivity index (χ0v) is 11.7. The lowest BCUT2D eigenvalue weighted by molar-refractivity contribution is 0.300. The van der Waals surface area contributed by atoms with Gasteiger partial charge >= 0.3 is 0 Å². The molecule has 2 aromatic carbocycles. The molecule has 18 heavy (non-hydrogen) atoms. The van der Waals surface area contributed by atoms with Gasteiger partial charge in [-0.2, -0.15) is 0 Å². The summed E-state index contributed by atoms with van der Waals surface area (Å²) in [4.78, 5) is 1.24. The van der Waals surface area contributed by atoms with Crippen molar-refractivity contribution in [2.24, 2.45) is 0 Å². The van der Waals surface area contributed by atoms with Gasteiger partial charge < -0.3 is 4.74 Å². The van der Waals surface area contributed by atoms with E-state index >= 15 is 0 Å². The van der Waals surface area contributed by atoms with Gasteiger partial charge in [0.2, 0.25) is 0 Å². The van der Waals surface area contributed by atoms with Crippen LogP contribution in [0.4, 0.5) is 0 Å². The van der Waals surface area contributed by atoms with E-state index in [1.165, 1.54) is 27.1 Å². The summed E-state index contributed by atoms with van der Waals surface area (Å²) >= 11 is 1.80. The highest BCUT2D eigenvalue weighted by atomic mass is 32.2. The largest absolute Gasteiger partial charge is 0.473 e. The molecule has 0 amide bonds. The minimum absolute atomic E-state index is 0.1000. The van der Waals surface area contributed by atoms with Gasteiger partial charge in [0, 0.05) is 5.56 Å². The molecule has 0 spiro atoms. The number of benzene rings is 2. The first-order valence-corrected chi connectivity index (χ1v) is 7.03. The van der Waals surface area contributed by atoms with Crippen molar-refractivity contribution in [1.82, 2.24) is 0 Å². The predicted octanol–water partition coefficient (Wildman–Crippen LogP) is 4.80. The van der Waals surface area contributed by atoms with Crippen molar-refractivity contribution in [3.63, 3.8) is 0 Å². The van der Waals surface area contributed by atoms with E-state index < -0.39 is 0 Å². The first-order chi connectivity index (χ1) is 8.65. The van der Waals surface area contributed by atoms with E-state index in [2.05, 4.69) is 45.0 Å². The molecular formula is C16H16OS. The van der Waals surface area contributed by atoms with Crippen LogP contribution in [0.25, 0.3) is 0 Å². The van der Waals surface area contributed by atoms with E-state index in [9.17, 15) is 0 Å². The predicted molar refractivity (Wildman–Crippen MR) is 76.3 cm³/mol. The van der Waals surface area contributed by atoms with Crippen LogP contribution >= 0.6 is 11.8 Å². The number of ether oxygens (including phenoxy) is 1. The Morgan fingerprint density at radius 1 is 1.00 bits per heavy atom. The van der Waals surface area contributed by atoms with Crippen LogP contribution in [-0.2, 0) is 0 Å². The summed E-state index contributed by atoms with van der Waals surface area (Å²) < 4.78 is 6.06. The van der Waals surface area contributed by atoms with E-state index in [-0.39, 0.29) is 5.44 Å². The summed E-state index contributed by atoms with van der Waals surface area (Å²) in [5.41, 5.74) is 5.37. The average molecular weight is 256 g/mol. The van der Waals surface area contributed by atoms with Crippen molar-refractivity contribution in [1.29, 1.82) is 0 Å². The fourth-order valence-electron chi connectivity index (χ4n) is 2.58. The van der Waals surface area contributed by atoms with E-state index in [0.717, 1.165) is 5.75 Å². The molecule has 1 nitrogen and oxygen atoms in total. The number of thioether (sulfide) groups is 1. The molecule has 2 aromatic rings. The Morgan fingerprint density at radius 2 is 1.67 bits per heavy atom. The second kappa shape index (κ2) is 4.36. The summed E-state index contributed by atoms with van der Waals surface area (Å²) in [6.07, 6.45) is 0. The maximum Gasteiger partial charge on any atom is 0.174 e. The van der Waals surface area contributed by atoms with E-state index in [0.29, 0.717) is 0 Å². The summed E-state index contributed by atoms with van der Waals surface area (Å²) in [5, 5.41) is 0. The van der Waals surface area contributed by atoms with Crippen LogP contribution in [0, 0.1) is 20.8 Å². The molecule has 0 aliphatic carbocycles. The van der Waals surface area contributed by atoms with Gasteiger partial charge in [-0.1, -0.05) is 41.6 Å². The van der Waals surface area contributed by atoms with Crippen LogP contribution in [0.5, 0.6) is 5.75 Å². The van der Waals surface area contributed by atoms with Gasteiger partial charge in [-0.3, -0.25) is 0 Å². The summed E-state index contributed by atoms with van der Waals surface area (Å²) in [7, 11) is 0. The molecule has 0 bridgehead atoms. The van der Waals surface area contributed by atoms with Crippen molar-refractivity contribution in [3.05, 3.63) is 58.7 Å². The van der Waals surface area contributed by atoms with Gasteiger partial charge in [-0.25, -0.2) is 0 Å². The number of fused-ring (bicyclic) bond motifs is 1. The molecule has 92 valence electrons. The van der Waals surface area contributed by atoms with Crippen molar-refractivity contribution in [3.8, 4) is 5.75 Å². The number of rotatable bonds is 1. The first-order valence-electron chi connectivity index (χ1n) is 6.15. The SMILES string of the molecule is Cc1cc(C)c(C2Oc3ccccc3S2)c(C)c1. The molecule has 1 aliphatic rings. The molecule has 1 unspecified atom stereocenters. The zero-order valence-electron chi connectivity index (χ0n) is 10.9. The Kier molecular flexibility index (Phi) is 2.83. The number of para-hydroxylation sites is 1. The number of hydrogen-bond acceptors (Lipinski definition) is 2. The summed E-state index contributed by atoms with van der Waals surface area (Å²) in [6.45, 7) is 6.48. The Bertz CT molecular complexity index is 556. The van der Waals surface area contributed by atoms with Gasteiger partial charge in [0.05, 0.1) is 4.90 Å². The topological polar surface area (TPSA) is 9.23 Å². The van der Waals surface area contributed by atoms with Crippen molar-refractivity contribution in [2.75, 3.05) is 0 Å². The summed E-state index contributed by atoms with van der Waals surface area (Å²) in [6, 6.07) is 12.7. The molecular weight excluding hydrogens is 240 g/mol. The maximum atomic E-state index is 6.06. The molecule has 1 atom stereocenters. The third-order valence-electron chi connectivity index (χ3n) is 3.29. The monoisotopic (exact) mass is 256 g/mol. The van der Waals surface area contributed by atoms with Crippen LogP contribution in [-0.4, -0.2) is 0 Å². The van der Waals surface area contributed by atoms with Crippen LogP contribution in [0.15, 0.2) is 41.3 Å². The Hall–Kier alpha value is -1.41. The second-order valence-corrected chi connectivity index (χ2v) is 5.93. The molecule has 1 heterocycles. The van der Waals surface area contributed by atoms with Crippen molar-refractivity contribution in [2.45, 2.75) is 31.1 Å². The van der Waals surface area contributed by atoms with E-state index in [4.69, 9.17) is 4.74 Å². The first kappa shape index (κ1) is 11.7. The molecule has 0 aromatic heterocycles. The maximum absolute atomic E-state index is 6.06. The van der Waals surface area contributed by atoms with Crippen molar-refractivity contribution >= 4 is 11.8 Å². The van der Waals surface area contributed by atoms with Crippen LogP contribution in [0.3, 0.4) is 0 Å². The smallest absolute Gasteiger partial charge is 0.174 e. The Morgan fingerprint density at radius 3 is 2.33 bits per heavy atom. The average Bonchev–Trinajstić information content (AvgIpc) is 2.70. The minimum atomic E-state index is 0.1000. The minimum Gasteiger partial charge on any atom is -0.473 e. The fraction of sp³-hybridized carbons (Fsp3) is 0.250. The van der Waals surface area contributed by atoms with Crippen LogP contribution in [0.1, 0.15) is 27.7 Å². The normalized spacial score (nSPS) is 17.4. The van der Waals surface area contributed by atoms with Gasteiger partial charge in [0.25, 0.3) is 0 Å². The highest BCUT2D eigenvalue weighted by Gasteiger charge is 2.27. The third kappa shape index (κ3) is 1.91.